The summed E-state index contributed by atoms with van der Waals surface area (Å²) in [7, 11) is 0. The van der Waals surface area contributed by atoms with Gasteiger partial charge < -0.3 is 10.4 Å². The van der Waals surface area contributed by atoms with Crippen LogP contribution in [0.15, 0.2) is 11.4 Å². The van der Waals surface area contributed by atoms with Crippen molar-refractivity contribution in [2.75, 3.05) is 5.32 Å². The highest BCUT2D eigenvalue weighted by Crippen LogP contribution is 2.22. The molecule has 0 aliphatic carbocycles. The monoisotopic (exact) mass is 256 g/mol. The maximum absolute atomic E-state index is 11.6. The zero-order valence-corrected chi connectivity index (χ0v) is 10.8. The van der Waals surface area contributed by atoms with Gasteiger partial charge in [0.25, 0.3) is 0 Å². The fraction of sp³-hybridized carbons (Fsp3) is 0.455. The van der Waals surface area contributed by atoms with Crippen molar-refractivity contribution in [2.45, 2.75) is 26.8 Å². The number of carbonyl (C=O) groups is 2. The van der Waals surface area contributed by atoms with Crippen LogP contribution < -0.4 is 10.6 Å². The number of thiophene rings is 1. The molecule has 6 heteroatoms. The molecule has 0 spiro atoms. The summed E-state index contributed by atoms with van der Waals surface area (Å²) >= 11 is 1.19. The molecule has 2 amide bonds. The van der Waals surface area contributed by atoms with Crippen LogP contribution in [0.1, 0.15) is 31.1 Å². The molecule has 1 aromatic rings. The lowest BCUT2D eigenvalue weighted by molar-refractivity contribution is 0.0698. The highest BCUT2D eigenvalue weighted by molar-refractivity contribution is 7.14. The lowest BCUT2D eigenvalue weighted by Crippen LogP contribution is -2.39. The lowest BCUT2D eigenvalue weighted by Gasteiger charge is -2.17. The van der Waals surface area contributed by atoms with Crippen LogP contribution in [0.2, 0.25) is 0 Å². The Morgan fingerprint density at radius 1 is 1.35 bits per heavy atom. The predicted molar refractivity (Wildman–Crippen MR) is 67.7 cm³/mol. The summed E-state index contributed by atoms with van der Waals surface area (Å²) in [5.74, 6) is -0.721. The Hall–Kier alpha value is -1.56. The maximum atomic E-state index is 11.6. The number of amides is 2. The number of carboxylic acids is 1. The van der Waals surface area contributed by atoms with Gasteiger partial charge in [-0.1, -0.05) is 13.8 Å². The third kappa shape index (κ3) is 3.74. The van der Waals surface area contributed by atoms with Crippen molar-refractivity contribution in [3.05, 3.63) is 17.0 Å². The number of hydrogen-bond acceptors (Lipinski definition) is 3. The zero-order chi connectivity index (χ0) is 13.0. The van der Waals surface area contributed by atoms with Gasteiger partial charge in [0.1, 0.15) is 5.00 Å². The summed E-state index contributed by atoms with van der Waals surface area (Å²) in [6.45, 7) is 5.90. The number of carbonyl (C=O) groups excluding carboxylic acids is 1. The number of carboxylic acid groups (broad SMARTS) is 1. The van der Waals surface area contributed by atoms with E-state index in [0.29, 0.717) is 10.9 Å². The SMILES string of the molecule is CC(C)C(C)NC(=O)Nc1sccc1C(=O)O. The molecule has 0 saturated carbocycles. The molecule has 17 heavy (non-hydrogen) atoms. The second-order valence-electron chi connectivity index (χ2n) is 4.10. The van der Waals surface area contributed by atoms with E-state index < -0.39 is 5.97 Å². The lowest BCUT2D eigenvalue weighted by atomic mass is 10.1. The Bertz CT molecular complexity index is 415. The van der Waals surface area contributed by atoms with Gasteiger partial charge in [-0.3, -0.25) is 5.32 Å². The molecule has 0 radical (unpaired) electrons. The van der Waals surface area contributed by atoms with Gasteiger partial charge in [-0.25, -0.2) is 9.59 Å². The van der Waals surface area contributed by atoms with Gasteiger partial charge in [0.15, 0.2) is 0 Å². The fourth-order valence-corrected chi connectivity index (χ4v) is 1.86. The van der Waals surface area contributed by atoms with Crippen LogP contribution in [0.4, 0.5) is 9.80 Å². The molecule has 1 heterocycles. The average Bonchev–Trinajstić information content (AvgIpc) is 2.65. The first kappa shape index (κ1) is 13.5. The molecule has 0 aromatic carbocycles. The Morgan fingerprint density at radius 3 is 2.53 bits per heavy atom. The number of nitrogens with one attached hydrogen (secondary N) is 2. The molecule has 5 nitrogen and oxygen atoms in total. The quantitative estimate of drug-likeness (QED) is 0.774. The van der Waals surface area contributed by atoms with Crippen molar-refractivity contribution in [1.29, 1.82) is 0 Å². The minimum atomic E-state index is -1.04. The first-order valence-corrected chi connectivity index (χ1v) is 6.18. The second-order valence-corrected chi connectivity index (χ2v) is 5.02. The summed E-state index contributed by atoms with van der Waals surface area (Å²) in [6, 6.07) is 1.12. The van der Waals surface area contributed by atoms with Gasteiger partial charge in [0.05, 0.1) is 5.56 Å². The van der Waals surface area contributed by atoms with E-state index in [-0.39, 0.29) is 17.6 Å². The van der Waals surface area contributed by atoms with Crippen LogP contribution >= 0.6 is 11.3 Å². The zero-order valence-electron chi connectivity index (χ0n) is 9.98. The average molecular weight is 256 g/mol. The Balaban J connectivity index is 2.62. The van der Waals surface area contributed by atoms with Crippen molar-refractivity contribution in [3.63, 3.8) is 0 Å². The van der Waals surface area contributed by atoms with Crippen LogP contribution in [0.3, 0.4) is 0 Å². The summed E-state index contributed by atoms with van der Waals surface area (Å²) < 4.78 is 0. The van der Waals surface area contributed by atoms with E-state index in [1.54, 1.807) is 5.38 Å². The van der Waals surface area contributed by atoms with Gasteiger partial charge in [0, 0.05) is 6.04 Å². The summed E-state index contributed by atoms with van der Waals surface area (Å²) in [4.78, 5) is 22.4. The van der Waals surface area contributed by atoms with E-state index in [1.807, 2.05) is 20.8 Å². The highest BCUT2D eigenvalue weighted by atomic mass is 32.1. The van der Waals surface area contributed by atoms with Crippen LogP contribution in [0.25, 0.3) is 0 Å². The number of hydrogen-bond donors (Lipinski definition) is 3. The minimum absolute atomic E-state index is 0.0308. The van der Waals surface area contributed by atoms with E-state index >= 15 is 0 Å². The van der Waals surface area contributed by atoms with Gasteiger partial charge >= 0.3 is 12.0 Å². The van der Waals surface area contributed by atoms with Gasteiger partial charge in [-0.05, 0) is 24.3 Å². The Morgan fingerprint density at radius 2 is 2.00 bits per heavy atom. The van der Waals surface area contributed by atoms with E-state index in [1.165, 1.54) is 17.4 Å². The predicted octanol–water partition coefficient (Wildman–Crippen LogP) is 2.61. The van der Waals surface area contributed by atoms with Crippen molar-refractivity contribution < 1.29 is 14.7 Å². The van der Waals surface area contributed by atoms with Crippen LogP contribution in [0, 0.1) is 5.92 Å². The van der Waals surface area contributed by atoms with Gasteiger partial charge in [-0.15, -0.1) is 11.3 Å². The van der Waals surface area contributed by atoms with E-state index in [0.717, 1.165) is 0 Å². The topological polar surface area (TPSA) is 78.4 Å². The molecule has 1 atom stereocenters. The standard InChI is InChI=1S/C11H16N2O3S/c1-6(2)7(3)12-11(16)13-9-8(10(14)15)4-5-17-9/h4-7H,1-3H3,(H,14,15)(H2,12,13,16). The van der Waals surface area contributed by atoms with E-state index in [9.17, 15) is 9.59 Å². The summed E-state index contributed by atoms with van der Waals surface area (Å²) in [6.07, 6.45) is 0. The number of anilines is 1. The Labute approximate surface area is 104 Å². The third-order valence-corrected chi connectivity index (χ3v) is 3.31. The summed E-state index contributed by atoms with van der Waals surface area (Å²) in [5, 5.41) is 16.1. The van der Waals surface area contributed by atoms with Crippen molar-refractivity contribution in [1.82, 2.24) is 5.32 Å². The van der Waals surface area contributed by atoms with Gasteiger partial charge in [-0.2, -0.15) is 0 Å². The van der Waals surface area contributed by atoms with E-state index in [4.69, 9.17) is 5.11 Å². The second kappa shape index (κ2) is 5.67. The molecule has 0 aliphatic heterocycles. The molecule has 1 rings (SSSR count). The molecule has 0 fully saturated rings. The number of rotatable bonds is 4. The summed E-state index contributed by atoms with van der Waals surface area (Å²) in [5.41, 5.74) is 0.113. The first-order chi connectivity index (χ1) is 7.91. The largest absolute Gasteiger partial charge is 0.478 e. The fourth-order valence-electron chi connectivity index (χ4n) is 1.09. The number of urea groups is 1. The molecule has 0 bridgehead atoms. The molecule has 0 aliphatic rings. The Kier molecular flexibility index (Phi) is 4.51. The van der Waals surface area contributed by atoms with Crippen LogP contribution in [-0.2, 0) is 0 Å². The molecular weight excluding hydrogens is 240 g/mol. The highest BCUT2D eigenvalue weighted by Gasteiger charge is 2.15. The van der Waals surface area contributed by atoms with Gasteiger partial charge in [0.2, 0.25) is 0 Å². The van der Waals surface area contributed by atoms with Crippen LogP contribution in [0.5, 0.6) is 0 Å². The molecule has 1 aromatic heterocycles. The minimum Gasteiger partial charge on any atom is -0.478 e. The van der Waals surface area contributed by atoms with Crippen molar-refractivity contribution in [2.24, 2.45) is 5.92 Å². The number of aromatic carboxylic acids is 1. The normalized spacial score (nSPS) is 12.2. The molecule has 3 N–H and O–H groups in total. The van der Waals surface area contributed by atoms with E-state index in [2.05, 4.69) is 10.6 Å². The molecule has 0 saturated heterocycles. The van der Waals surface area contributed by atoms with Crippen molar-refractivity contribution >= 4 is 28.3 Å². The third-order valence-electron chi connectivity index (χ3n) is 2.48. The molecule has 1 unspecified atom stereocenters. The first-order valence-electron chi connectivity index (χ1n) is 5.30. The molecular formula is C11H16N2O3S. The smallest absolute Gasteiger partial charge is 0.338 e. The molecule has 94 valence electrons. The van der Waals surface area contributed by atoms with Crippen LogP contribution in [-0.4, -0.2) is 23.1 Å². The maximum Gasteiger partial charge on any atom is 0.338 e. The van der Waals surface area contributed by atoms with Crippen molar-refractivity contribution in [3.8, 4) is 0 Å².